The second-order valence-electron chi connectivity index (χ2n) is 6.27. The van der Waals surface area contributed by atoms with Gasteiger partial charge in [-0.25, -0.2) is 18.1 Å². The molecule has 2 aromatic heterocycles. The lowest BCUT2D eigenvalue weighted by Crippen LogP contribution is -2.29. The summed E-state index contributed by atoms with van der Waals surface area (Å²) < 4.78 is 32.6. The van der Waals surface area contributed by atoms with Crippen molar-refractivity contribution in [2.24, 2.45) is 0 Å². The molecule has 11 heteroatoms. The van der Waals surface area contributed by atoms with Crippen LogP contribution in [0.4, 0.5) is 17.5 Å². The van der Waals surface area contributed by atoms with Crippen molar-refractivity contribution in [1.82, 2.24) is 19.9 Å². The largest absolute Gasteiger partial charge is 0.495 e. The van der Waals surface area contributed by atoms with Crippen molar-refractivity contribution in [2.45, 2.75) is 11.8 Å². The number of aryl methyl sites for hydroxylation is 1. The summed E-state index contributed by atoms with van der Waals surface area (Å²) in [7, 11) is -2.38. The molecule has 2 heterocycles. The number of methoxy groups -OCH3 is 1. The van der Waals surface area contributed by atoms with Crippen LogP contribution in [0, 0.1) is 6.92 Å². The maximum absolute atomic E-state index is 12.5. The molecule has 158 valence electrons. The summed E-state index contributed by atoms with van der Waals surface area (Å²) in [5.41, 5.74) is 1.08. The molecule has 3 rings (SSSR count). The van der Waals surface area contributed by atoms with Gasteiger partial charge in [-0.1, -0.05) is 11.6 Å². The van der Waals surface area contributed by atoms with Gasteiger partial charge in [-0.3, -0.25) is 0 Å². The first-order valence-electron chi connectivity index (χ1n) is 8.98. The molecule has 0 atom stereocenters. The summed E-state index contributed by atoms with van der Waals surface area (Å²) in [6.07, 6.45) is 1.71. The van der Waals surface area contributed by atoms with Gasteiger partial charge >= 0.3 is 0 Å². The number of halogens is 1. The summed E-state index contributed by atoms with van der Waals surface area (Å²) in [6.45, 7) is 2.41. The fourth-order valence-electron chi connectivity index (χ4n) is 2.54. The van der Waals surface area contributed by atoms with Crippen LogP contribution >= 0.6 is 11.6 Å². The Morgan fingerprint density at radius 1 is 1.00 bits per heavy atom. The first-order chi connectivity index (χ1) is 14.4. The number of anilines is 3. The van der Waals surface area contributed by atoms with Crippen LogP contribution in [0.25, 0.3) is 0 Å². The van der Waals surface area contributed by atoms with E-state index in [0.29, 0.717) is 29.0 Å². The predicted molar refractivity (Wildman–Crippen MR) is 116 cm³/mol. The lowest BCUT2D eigenvalue weighted by Gasteiger charge is -2.11. The molecule has 0 aliphatic carbocycles. The molecule has 9 nitrogen and oxygen atoms in total. The van der Waals surface area contributed by atoms with Crippen LogP contribution in [0.2, 0.25) is 5.02 Å². The number of ether oxygens (including phenoxy) is 1. The van der Waals surface area contributed by atoms with E-state index < -0.39 is 10.0 Å². The second kappa shape index (κ2) is 9.70. The molecule has 0 saturated carbocycles. The zero-order valence-corrected chi connectivity index (χ0v) is 18.0. The zero-order valence-electron chi connectivity index (χ0n) is 16.4. The van der Waals surface area contributed by atoms with Crippen molar-refractivity contribution >= 4 is 39.1 Å². The average molecular weight is 449 g/mol. The fraction of sp³-hybridized carbons (Fsp3) is 0.211. The molecule has 0 amide bonds. The summed E-state index contributed by atoms with van der Waals surface area (Å²) in [5, 5.41) is 14.5. The number of aromatic nitrogens is 3. The van der Waals surface area contributed by atoms with Crippen molar-refractivity contribution < 1.29 is 13.2 Å². The Kier molecular flexibility index (Phi) is 7.03. The number of hydrogen-bond donors (Lipinski definition) is 3. The van der Waals surface area contributed by atoms with Crippen LogP contribution in [-0.4, -0.2) is 43.8 Å². The summed E-state index contributed by atoms with van der Waals surface area (Å²) >= 11 is 5.91. The highest BCUT2D eigenvalue weighted by Crippen LogP contribution is 2.26. The topological polar surface area (TPSA) is 118 Å². The number of benzene rings is 1. The summed E-state index contributed by atoms with van der Waals surface area (Å²) in [6, 6.07) is 11.7. The van der Waals surface area contributed by atoms with E-state index in [4.69, 9.17) is 16.3 Å². The Balaban J connectivity index is 1.52. The highest BCUT2D eigenvalue weighted by molar-refractivity contribution is 7.89. The molecule has 30 heavy (non-hydrogen) atoms. The van der Waals surface area contributed by atoms with Crippen LogP contribution in [0.15, 0.2) is 53.6 Å². The van der Waals surface area contributed by atoms with Crippen LogP contribution in [-0.2, 0) is 10.0 Å². The molecular formula is C19H21ClN6O3S. The van der Waals surface area contributed by atoms with Gasteiger partial charge in [-0.15, -0.1) is 10.2 Å². The van der Waals surface area contributed by atoms with E-state index in [1.807, 2.05) is 19.1 Å². The third-order valence-corrected chi connectivity index (χ3v) is 5.69. The SMILES string of the molecule is COc1ccc(Cl)cc1S(=O)(=O)NCCNc1ccc(Nc2cc(C)ccn2)nn1. The molecule has 0 spiro atoms. The van der Waals surface area contributed by atoms with Crippen LogP contribution in [0.5, 0.6) is 5.75 Å². The number of rotatable bonds is 9. The van der Waals surface area contributed by atoms with Gasteiger partial charge in [0.1, 0.15) is 22.3 Å². The zero-order chi connectivity index (χ0) is 21.6. The molecule has 3 N–H and O–H groups in total. The minimum absolute atomic E-state index is 0.0162. The fourth-order valence-corrected chi connectivity index (χ4v) is 4.00. The molecule has 3 aromatic rings. The number of hydrogen-bond acceptors (Lipinski definition) is 8. The normalized spacial score (nSPS) is 11.2. The molecule has 0 aliphatic rings. The number of sulfonamides is 1. The Morgan fingerprint density at radius 2 is 1.77 bits per heavy atom. The molecule has 0 radical (unpaired) electrons. The summed E-state index contributed by atoms with van der Waals surface area (Å²) in [5.74, 6) is 1.96. The molecule has 0 fully saturated rings. The van der Waals surface area contributed by atoms with Crippen LogP contribution in [0.1, 0.15) is 5.56 Å². The first-order valence-corrected chi connectivity index (χ1v) is 10.8. The molecule has 0 unspecified atom stereocenters. The van der Waals surface area contributed by atoms with E-state index in [2.05, 4.69) is 30.5 Å². The standard InChI is InChI=1S/C19H21ClN6O3S/c1-13-7-8-21-19(11-13)24-18-6-5-17(25-26-18)22-9-10-23-30(27,28)16-12-14(20)3-4-15(16)29-2/h3-8,11-12,23H,9-10H2,1-2H3,(H,22,25)(H,21,24,26). The highest BCUT2D eigenvalue weighted by Gasteiger charge is 2.19. The third-order valence-electron chi connectivity index (χ3n) is 3.97. The average Bonchev–Trinajstić information content (AvgIpc) is 2.72. The first kappa shape index (κ1) is 21.8. The lowest BCUT2D eigenvalue weighted by atomic mass is 10.3. The minimum atomic E-state index is -3.78. The lowest BCUT2D eigenvalue weighted by molar-refractivity contribution is 0.402. The van der Waals surface area contributed by atoms with Gasteiger partial charge in [0.25, 0.3) is 0 Å². The minimum Gasteiger partial charge on any atom is -0.495 e. The predicted octanol–water partition coefficient (Wildman–Crippen LogP) is 2.98. The van der Waals surface area contributed by atoms with Crippen molar-refractivity contribution in [3.63, 3.8) is 0 Å². The molecule has 0 saturated heterocycles. The quantitative estimate of drug-likeness (QED) is 0.427. The maximum Gasteiger partial charge on any atom is 0.244 e. The van der Waals surface area contributed by atoms with Crippen molar-refractivity contribution in [3.05, 3.63) is 59.2 Å². The molecule has 1 aromatic carbocycles. The smallest absolute Gasteiger partial charge is 0.244 e. The second-order valence-corrected chi connectivity index (χ2v) is 8.44. The highest BCUT2D eigenvalue weighted by atomic mass is 35.5. The Bertz CT molecular complexity index is 1110. The van der Waals surface area contributed by atoms with Crippen LogP contribution < -0.4 is 20.1 Å². The number of nitrogens with one attached hydrogen (secondary N) is 3. The van der Waals surface area contributed by atoms with Crippen molar-refractivity contribution in [2.75, 3.05) is 30.8 Å². The van der Waals surface area contributed by atoms with Gasteiger partial charge in [0.2, 0.25) is 10.0 Å². The molecule has 0 aliphatic heterocycles. The Hall–Kier alpha value is -2.95. The van der Waals surface area contributed by atoms with Crippen LogP contribution in [0.3, 0.4) is 0 Å². The van der Waals surface area contributed by atoms with Gasteiger partial charge in [0.15, 0.2) is 5.82 Å². The van der Waals surface area contributed by atoms with E-state index in [1.165, 1.54) is 19.2 Å². The number of pyridine rings is 1. The van der Waals surface area contributed by atoms with Crippen molar-refractivity contribution in [3.8, 4) is 5.75 Å². The van der Waals surface area contributed by atoms with Crippen molar-refractivity contribution in [1.29, 1.82) is 0 Å². The Labute approximate surface area is 179 Å². The van der Waals surface area contributed by atoms with E-state index >= 15 is 0 Å². The van der Waals surface area contributed by atoms with E-state index in [-0.39, 0.29) is 17.2 Å². The third kappa shape index (κ3) is 5.78. The van der Waals surface area contributed by atoms with Gasteiger partial charge in [0.05, 0.1) is 7.11 Å². The monoisotopic (exact) mass is 448 g/mol. The maximum atomic E-state index is 12.5. The van der Waals surface area contributed by atoms with Gasteiger partial charge in [0, 0.05) is 24.3 Å². The molecular weight excluding hydrogens is 428 g/mol. The number of nitrogens with zero attached hydrogens (tertiary/aromatic N) is 3. The molecule has 0 bridgehead atoms. The Morgan fingerprint density at radius 3 is 2.47 bits per heavy atom. The van der Waals surface area contributed by atoms with Gasteiger partial charge in [-0.2, -0.15) is 0 Å². The summed E-state index contributed by atoms with van der Waals surface area (Å²) in [4.78, 5) is 4.19. The van der Waals surface area contributed by atoms with E-state index in [0.717, 1.165) is 5.56 Å². The van der Waals surface area contributed by atoms with E-state index in [9.17, 15) is 8.42 Å². The van der Waals surface area contributed by atoms with Gasteiger partial charge in [-0.05, 0) is 55.0 Å². The van der Waals surface area contributed by atoms with E-state index in [1.54, 1.807) is 24.4 Å². The van der Waals surface area contributed by atoms with Gasteiger partial charge < -0.3 is 15.4 Å².